The van der Waals surface area contributed by atoms with Crippen LogP contribution in [0.5, 0.6) is 0 Å². The number of benzene rings is 2. The van der Waals surface area contributed by atoms with Crippen LogP contribution >= 0.6 is 0 Å². The quantitative estimate of drug-likeness (QED) is 0.748. The van der Waals surface area contributed by atoms with Crippen molar-refractivity contribution in [1.29, 1.82) is 0 Å². The van der Waals surface area contributed by atoms with Gasteiger partial charge in [0.25, 0.3) is 5.91 Å². The van der Waals surface area contributed by atoms with E-state index in [2.05, 4.69) is 15.6 Å². The molecule has 0 radical (unpaired) electrons. The highest BCUT2D eigenvalue weighted by Gasteiger charge is 2.34. The minimum Gasteiger partial charge on any atom is -0.344 e. The summed E-state index contributed by atoms with van der Waals surface area (Å²) >= 11 is 0. The molecule has 3 rings (SSSR count). The molecule has 1 atom stereocenters. The summed E-state index contributed by atoms with van der Waals surface area (Å²) in [4.78, 5) is 12.4. The van der Waals surface area contributed by atoms with Crippen molar-refractivity contribution in [2.24, 2.45) is 0 Å². The van der Waals surface area contributed by atoms with Gasteiger partial charge in [0.2, 0.25) is 0 Å². The van der Waals surface area contributed by atoms with Gasteiger partial charge in [-0.15, -0.1) is 5.10 Å². The number of aryl methyl sites for hydroxylation is 1. The summed E-state index contributed by atoms with van der Waals surface area (Å²) in [7, 11) is 0. The number of carbonyl (C=O) groups excluding carboxylic acids is 1. The maximum Gasteiger partial charge on any atom is 0.418 e. The fourth-order valence-electron chi connectivity index (χ4n) is 2.82. The average Bonchev–Trinajstić information content (AvgIpc) is 3.11. The molecule has 0 aliphatic heterocycles. The molecular weight excluding hydrogens is 357 g/mol. The lowest BCUT2D eigenvalue weighted by molar-refractivity contribution is -0.137. The Kier molecular flexibility index (Phi) is 4.98. The van der Waals surface area contributed by atoms with Crippen LogP contribution in [0, 0.1) is 6.92 Å². The Labute approximate surface area is 153 Å². The Bertz CT molecular complexity index is 965. The monoisotopic (exact) mass is 374 g/mol. The van der Waals surface area contributed by atoms with Crippen molar-refractivity contribution in [2.75, 3.05) is 0 Å². The van der Waals surface area contributed by atoms with Crippen LogP contribution in [0.2, 0.25) is 0 Å². The third kappa shape index (κ3) is 3.99. The Morgan fingerprint density at radius 3 is 2.48 bits per heavy atom. The summed E-state index contributed by atoms with van der Waals surface area (Å²) < 4.78 is 40.4. The minimum atomic E-state index is -4.54. The van der Waals surface area contributed by atoms with Gasteiger partial charge in [-0.25, -0.2) is 4.68 Å². The van der Waals surface area contributed by atoms with Gasteiger partial charge < -0.3 is 5.32 Å². The fourth-order valence-corrected chi connectivity index (χ4v) is 2.82. The molecule has 8 heteroatoms. The van der Waals surface area contributed by atoms with E-state index in [0.717, 1.165) is 21.9 Å². The fraction of sp³-hybridized carbons (Fsp3) is 0.211. The molecule has 1 N–H and O–H groups in total. The molecule has 0 spiro atoms. The van der Waals surface area contributed by atoms with Crippen LogP contribution in [0.1, 0.15) is 40.1 Å². The number of amides is 1. The number of para-hydroxylation sites is 1. The lowest BCUT2D eigenvalue weighted by Crippen LogP contribution is -2.27. The Morgan fingerprint density at radius 2 is 1.78 bits per heavy atom. The smallest absolute Gasteiger partial charge is 0.344 e. The molecule has 27 heavy (non-hydrogen) atoms. The van der Waals surface area contributed by atoms with Crippen LogP contribution in [0.3, 0.4) is 0 Å². The molecule has 5 nitrogen and oxygen atoms in total. The molecule has 0 aliphatic rings. The van der Waals surface area contributed by atoms with Gasteiger partial charge in [0.15, 0.2) is 5.69 Å². The van der Waals surface area contributed by atoms with Crippen LogP contribution in [-0.4, -0.2) is 20.9 Å². The van der Waals surface area contributed by atoms with Gasteiger partial charge in [0.05, 0.1) is 23.5 Å². The molecular formula is C19H17F3N4O. The molecule has 140 valence electrons. The van der Waals surface area contributed by atoms with E-state index in [0.29, 0.717) is 0 Å². The van der Waals surface area contributed by atoms with Crippen molar-refractivity contribution >= 4 is 5.91 Å². The lowest BCUT2D eigenvalue weighted by Gasteiger charge is -2.15. The van der Waals surface area contributed by atoms with E-state index in [1.807, 2.05) is 38.1 Å². The summed E-state index contributed by atoms with van der Waals surface area (Å²) in [5.74, 6) is -0.513. The summed E-state index contributed by atoms with van der Waals surface area (Å²) in [5.41, 5.74) is 0.861. The van der Waals surface area contributed by atoms with Gasteiger partial charge in [-0.1, -0.05) is 41.6 Å². The first-order chi connectivity index (χ1) is 12.8. The molecule has 0 saturated carbocycles. The maximum absolute atomic E-state index is 13.2. The molecule has 0 fully saturated rings. The van der Waals surface area contributed by atoms with Gasteiger partial charge >= 0.3 is 6.18 Å². The maximum atomic E-state index is 13.2. The number of alkyl halides is 3. The molecule has 0 saturated heterocycles. The minimum absolute atomic E-state index is 0.0626. The number of aromatic nitrogens is 3. The average molecular weight is 374 g/mol. The first kappa shape index (κ1) is 18.6. The van der Waals surface area contributed by atoms with Gasteiger partial charge in [-0.05, 0) is 37.1 Å². The van der Waals surface area contributed by atoms with E-state index in [1.54, 1.807) is 0 Å². The second-order valence-electron chi connectivity index (χ2n) is 6.11. The van der Waals surface area contributed by atoms with E-state index in [9.17, 15) is 18.0 Å². The second-order valence-corrected chi connectivity index (χ2v) is 6.11. The molecule has 1 aromatic heterocycles. The third-order valence-electron chi connectivity index (χ3n) is 4.18. The zero-order valence-corrected chi connectivity index (χ0v) is 14.7. The SMILES string of the molecule is Cc1ccccc1[C@@H](C)NC(=O)c1cn(-c2ccccc2C(F)(F)F)nn1. The molecule has 1 amide bonds. The lowest BCUT2D eigenvalue weighted by atomic mass is 10.0. The molecule has 0 bridgehead atoms. The highest BCUT2D eigenvalue weighted by molar-refractivity contribution is 5.92. The van der Waals surface area contributed by atoms with Gasteiger partial charge in [0.1, 0.15) is 0 Å². The van der Waals surface area contributed by atoms with Crippen molar-refractivity contribution in [1.82, 2.24) is 20.3 Å². The number of carbonyl (C=O) groups is 1. The van der Waals surface area contributed by atoms with Gasteiger partial charge in [-0.3, -0.25) is 4.79 Å². The molecule has 3 aromatic rings. The van der Waals surface area contributed by atoms with E-state index < -0.39 is 17.6 Å². The third-order valence-corrected chi connectivity index (χ3v) is 4.18. The van der Waals surface area contributed by atoms with Gasteiger partial charge in [-0.2, -0.15) is 13.2 Å². The summed E-state index contributed by atoms with van der Waals surface area (Å²) in [6.45, 7) is 3.76. The van der Waals surface area contributed by atoms with Crippen LogP contribution in [0.4, 0.5) is 13.2 Å². The first-order valence-corrected chi connectivity index (χ1v) is 8.22. The standard InChI is InChI=1S/C19H17F3N4O/c1-12-7-3-4-8-14(12)13(2)23-18(27)16-11-26(25-24-16)17-10-6-5-9-15(17)19(20,21)22/h3-11,13H,1-2H3,(H,23,27)/t13-/m1/s1. The number of halogens is 3. The number of hydrogen-bond acceptors (Lipinski definition) is 3. The second kappa shape index (κ2) is 7.22. The summed E-state index contributed by atoms with van der Waals surface area (Å²) in [6.07, 6.45) is -3.35. The predicted octanol–water partition coefficient (Wildman–Crippen LogP) is 4.09. The number of rotatable bonds is 4. The summed E-state index contributed by atoms with van der Waals surface area (Å²) in [5, 5.41) is 10.2. The number of nitrogens with zero attached hydrogens (tertiary/aromatic N) is 3. The van der Waals surface area contributed by atoms with Crippen molar-refractivity contribution in [3.63, 3.8) is 0 Å². The van der Waals surface area contributed by atoms with Crippen molar-refractivity contribution in [3.05, 3.63) is 77.1 Å². The molecule has 1 heterocycles. The van der Waals surface area contributed by atoms with E-state index >= 15 is 0 Å². The largest absolute Gasteiger partial charge is 0.418 e. The van der Waals surface area contributed by atoms with Crippen LogP contribution in [-0.2, 0) is 6.18 Å². The van der Waals surface area contributed by atoms with Gasteiger partial charge in [0, 0.05) is 0 Å². The Morgan fingerprint density at radius 1 is 1.11 bits per heavy atom. The van der Waals surface area contributed by atoms with Crippen molar-refractivity contribution in [3.8, 4) is 5.69 Å². The molecule has 2 aromatic carbocycles. The van der Waals surface area contributed by atoms with E-state index in [1.165, 1.54) is 24.4 Å². The topological polar surface area (TPSA) is 59.8 Å². The number of nitrogens with one attached hydrogen (secondary N) is 1. The van der Waals surface area contributed by atoms with Crippen LogP contribution in [0.25, 0.3) is 5.69 Å². The predicted molar refractivity (Wildman–Crippen MR) is 93.4 cm³/mol. The molecule has 0 aliphatic carbocycles. The summed E-state index contributed by atoms with van der Waals surface area (Å²) in [6, 6.07) is 12.3. The highest BCUT2D eigenvalue weighted by Crippen LogP contribution is 2.33. The first-order valence-electron chi connectivity index (χ1n) is 8.22. The van der Waals surface area contributed by atoms with Crippen LogP contribution < -0.4 is 5.32 Å². The van der Waals surface area contributed by atoms with Crippen molar-refractivity contribution < 1.29 is 18.0 Å². The normalized spacial score (nSPS) is 12.6. The Hall–Kier alpha value is -3.16. The number of hydrogen-bond donors (Lipinski definition) is 1. The van der Waals surface area contributed by atoms with Crippen molar-refractivity contribution in [2.45, 2.75) is 26.1 Å². The van der Waals surface area contributed by atoms with Crippen LogP contribution in [0.15, 0.2) is 54.7 Å². The Balaban J connectivity index is 1.83. The van der Waals surface area contributed by atoms with E-state index in [-0.39, 0.29) is 17.4 Å². The highest BCUT2D eigenvalue weighted by atomic mass is 19.4. The zero-order valence-electron chi connectivity index (χ0n) is 14.7. The zero-order chi connectivity index (χ0) is 19.6. The molecule has 0 unspecified atom stereocenters. The van der Waals surface area contributed by atoms with E-state index in [4.69, 9.17) is 0 Å².